The lowest BCUT2D eigenvalue weighted by molar-refractivity contribution is -0.140. The molecule has 8 nitrogen and oxygen atoms in total. The molecule has 0 bridgehead atoms. The Kier molecular flexibility index (Phi) is 8.30. The van der Waals surface area contributed by atoms with Crippen LogP contribution in [-0.2, 0) is 25.5 Å². The number of hydrogen-bond acceptors (Lipinski definition) is 6. The lowest BCUT2D eigenvalue weighted by atomic mass is 10.1. The average molecular weight is 498 g/mol. The Balaban J connectivity index is 1.66. The molecule has 184 valence electrons. The van der Waals surface area contributed by atoms with E-state index in [1.54, 1.807) is 47.1 Å². The Hall–Kier alpha value is -3.65. The average Bonchev–Trinajstić information content (AvgIpc) is 3.12. The molecule has 9 heteroatoms. The molecular formula is C26H28ClN3O5. The summed E-state index contributed by atoms with van der Waals surface area (Å²) in [5.74, 6) is -1.35. The highest BCUT2D eigenvalue weighted by molar-refractivity contribution is 6.31. The molecule has 3 rings (SSSR count). The number of nitrogens with one attached hydrogen (secondary N) is 1. The van der Waals surface area contributed by atoms with Crippen molar-refractivity contribution < 1.29 is 23.9 Å². The predicted octanol–water partition coefficient (Wildman–Crippen LogP) is 4.74. The third-order valence-corrected chi connectivity index (χ3v) is 5.94. The van der Waals surface area contributed by atoms with Gasteiger partial charge < -0.3 is 14.8 Å². The second-order valence-electron chi connectivity index (χ2n) is 8.18. The maximum atomic E-state index is 12.6. The van der Waals surface area contributed by atoms with Crippen molar-refractivity contribution in [3.63, 3.8) is 0 Å². The number of carbonyl (C=O) groups is 3. The predicted molar refractivity (Wildman–Crippen MR) is 133 cm³/mol. The van der Waals surface area contributed by atoms with Crippen molar-refractivity contribution in [2.24, 2.45) is 0 Å². The molecule has 0 saturated heterocycles. The molecule has 0 aliphatic carbocycles. The number of halogens is 1. The number of benzene rings is 2. The Morgan fingerprint density at radius 2 is 1.77 bits per heavy atom. The van der Waals surface area contributed by atoms with Crippen molar-refractivity contribution in [2.75, 3.05) is 12.4 Å². The van der Waals surface area contributed by atoms with Gasteiger partial charge in [-0.1, -0.05) is 17.7 Å². The summed E-state index contributed by atoms with van der Waals surface area (Å²) in [7, 11) is 1.37. The monoisotopic (exact) mass is 497 g/mol. The molecule has 1 unspecified atom stereocenters. The fourth-order valence-corrected chi connectivity index (χ4v) is 3.77. The molecule has 1 amide bonds. The SMILES string of the molecule is COC(=O)CCc1c(C)nn(-c2ccc(C(=O)OC(C)C(=O)Nc3cc(Cl)ccc3C)cc2)c1C. The van der Waals surface area contributed by atoms with E-state index in [1.807, 2.05) is 20.8 Å². The van der Waals surface area contributed by atoms with Crippen molar-refractivity contribution in [2.45, 2.75) is 46.6 Å². The van der Waals surface area contributed by atoms with E-state index in [0.717, 1.165) is 28.2 Å². The fourth-order valence-electron chi connectivity index (χ4n) is 3.60. The minimum absolute atomic E-state index is 0.273. The topological polar surface area (TPSA) is 99.5 Å². The van der Waals surface area contributed by atoms with Gasteiger partial charge in [0.15, 0.2) is 6.10 Å². The maximum Gasteiger partial charge on any atom is 0.338 e. The van der Waals surface area contributed by atoms with E-state index in [-0.39, 0.29) is 12.4 Å². The molecule has 1 aromatic heterocycles. The Bertz CT molecular complexity index is 1250. The van der Waals surface area contributed by atoms with Gasteiger partial charge >= 0.3 is 11.9 Å². The van der Waals surface area contributed by atoms with E-state index < -0.39 is 18.0 Å². The second kappa shape index (κ2) is 11.2. The van der Waals surface area contributed by atoms with Gasteiger partial charge in [0.1, 0.15) is 0 Å². The fraction of sp³-hybridized carbons (Fsp3) is 0.308. The molecule has 0 spiro atoms. The quantitative estimate of drug-likeness (QED) is 0.451. The highest BCUT2D eigenvalue weighted by atomic mass is 35.5. The van der Waals surface area contributed by atoms with Gasteiger partial charge in [-0.05, 0) is 81.6 Å². The number of hydrogen-bond donors (Lipinski definition) is 1. The molecule has 2 aromatic carbocycles. The molecule has 0 saturated carbocycles. The summed E-state index contributed by atoms with van der Waals surface area (Å²) in [5, 5.41) is 7.80. The van der Waals surface area contributed by atoms with Crippen molar-refractivity contribution in [1.29, 1.82) is 0 Å². The summed E-state index contributed by atoms with van der Waals surface area (Å²) < 4.78 is 11.8. The summed E-state index contributed by atoms with van der Waals surface area (Å²) in [5.41, 5.74) is 5.18. The summed E-state index contributed by atoms with van der Waals surface area (Å²) in [4.78, 5) is 36.6. The first kappa shape index (κ1) is 26.0. The Morgan fingerprint density at radius 1 is 1.09 bits per heavy atom. The summed E-state index contributed by atoms with van der Waals surface area (Å²) >= 11 is 5.99. The van der Waals surface area contributed by atoms with E-state index in [2.05, 4.69) is 10.4 Å². The van der Waals surface area contributed by atoms with Crippen LogP contribution in [0.2, 0.25) is 5.02 Å². The van der Waals surface area contributed by atoms with Gasteiger partial charge in [0, 0.05) is 22.8 Å². The number of aromatic nitrogens is 2. The van der Waals surface area contributed by atoms with Crippen molar-refractivity contribution in [3.05, 3.63) is 75.6 Å². The van der Waals surface area contributed by atoms with Crippen LogP contribution in [0, 0.1) is 20.8 Å². The summed E-state index contributed by atoms with van der Waals surface area (Å²) in [6.45, 7) is 7.16. The van der Waals surface area contributed by atoms with Crippen LogP contribution in [0.3, 0.4) is 0 Å². The van der Waals surface area contributed by atoms with E-state index in [4.69, 9.17) is 21.1 Å². The highest BCUT2D eigenvalue weighted by Gasteiger charge is 2.20. The zero-order valence-electron chi connectivity index (χ0n) is 20.3. The number of ether oxygens (including phenoxy) is 2. The Labute approximate surface area is 209 Å². The first-order valence-corrected chi connectivity index (χ1v) is 11.5. The van der Waals surface area contributed by atoms with Gasteiger partial charge in [-0.3, -0.25) is 9.59 Å². The largest absolute Gasteiger partial charge is 0.469 e. The van der Waals surface area contributed by atoms with Crippen LogP contribution in [-0.4, -0.2) is 40.8 Å². The van der Waals surface area contributed by atoms with E-state index in [0.29, 0.717) is 22.7 Å². The zero-order valence-corrected chi connectivity index (χ0v) is 21.1. The second-order valence-corrected chi connectivity index (χ2v) is 8.62. The summed E-state index contributed by atoms with van der Waals surface area (Å²) in [6.07, 6.45) is -0.199. The van der Waals surface area contributed by atoms with E-state index in [1.165, 1.54) is 14.0 Å². The number of rotatable bonds is 8. The number of anilines is 1. The van der Waals surface area contributed by atoms with E-state index in [9.17, 15) is 14.4 Å². The number of methoxy groups -OCH3 is 1. The third-order valence-electron chi connectivity index (χ3n) is 5.71. The van der Waals surface area contributed by atoms with Crippen molar-refractivity contribution in [1.82, 2.24) is 9.78 Å². The maximum absolute atomic E-state index is 12.6. The number of nitrogens with zero attached hydrogens (tertiary/aromatic N) is 2. The van der Waals surface area contributed by atoms with Crippen LogP contribution in [0.25, 0.3) is 5.69 Å². The highest BCUT2D eigenvalue weighted by Crippen LogP contribution is 2.22. The standard InChI is InChI=1S/C26H28ClN3O5/c1-15-6-9-20(27)14-23(15)28-25(32)18(4)35-26(33)19-7-10-21(11-8-19)30-17(3)22(16(2)29-30)12-13-24(31)34-5/h6-11,14,18H,12-13H2,1-5H3,(H,28,32). The normalized spacial score (nSPS) is 11.6. The first-order chi connectivity index (χ1) is 16.6. The zero-order chi connectivity index (χ0) is 25.7. The van der Waals surface area contributed by atoms with Gasteiger partial charge in [-0.2, -0.15) is 5.10 Å². The van der Waals surface area contributed by atoms with Gasteiger partial charge in [0.25, 0.3) is 5.91 Å². The number of carbonyl (C=O) groups excluding carboxylic acids is 3. The van der Waals surface area contributed by atoms with Crippen LogP contribution in [0.15, 0.2) is 42.5 Å². The van der Waals surface area contributed by atoms with Crippen LogP contribution < -0.4 is 5.32 Å². The molecule has 1 heterocycles. The minimum Gasteiger partial charge on any atom is -0.469 e. The van der Waals surface area contributed by atoms with Crippen LogP contribution in [0.5, 0.6) is 0 Å². The first-order valence-electron chi connectivity index (χ1n) is 11.1. The third kappa shape index (κ3) is 6.27. The number of aryl methyl sites for hydroxylation is 2. The molecule has 1 atom stereocenters. The molecule has 0 radical (unpaired) electrons. The van der Waals surface area contributed by atoms with Gasteiger partial charge in [-0.15, -0.1) is 0 Å². The van der Waals surface area contributed by atoms with Gasteiger partial charge in [0.05, 0.1) is 24.1 Å². The van der Waals surface area contributed by atoms with Crippen molar-refractivity contribution >= 4 is 35.1 Å². The van der Waals surface area contributed by atoms with Crippen molar-refractivity contribution in [3.8, 4) is 5.69 Å². The van der Waals surface area contributed by atoms with Gasteiger partial charge in [-0.25, -0.2) is 9.48 Å². The van der Waals surface area contributed by atoms with Crippen LogP contribution in [0.4, 0.5) is 5.69 Å². The van der Waals surface area contributed by atoms with E-state index >= 15 is 0 Å². The summed E-state index contributed by atoms with van der Waals surface area (Å²) in [6, 6.07) is 11.9. The molecule has 0 aliphatic heterocycles. The molecule has 3 aromatic rings. The molecule has 0 aliphatic rings. The van der Waals surface area contributed by atoms with Gasteiger partial charge in [0.2, 0.25) is 0 Å². The number of esters is 2. The molecular weight excluding hydrogens is 470 g/mol. The Morgan fingerprint density at radius 3 is 2.43 bits per heavy atom. The van der Waals surface area contributed by atoms with Crippen LogP contribution in [0.1, 0.15) is 46.2 Å². The smallest absolute Gasteiger partial charge is 0.338 e. The lowest BCUT2D eigenvalue weighted by Gasteiger charge is -2.15. The van der Waals surface area contributed by atoms with Crippen LogP contribution >= 0.6 is 11.6 Å². The molecule has 1 N–H and O–H groups in total. The minimum atomic E-state index is -1.01. The molecule has 0 fully saturated rings. The lowest BCUT2D eigenvalue weighted by Crippen LogP contribution is -2.30. The number of amides is 1. The molecule has 35 heavy (non-hydrogen) atoms.